The SMILES string of the molecule is CC(C)COc1cc(F)cc(-c2ccc(C(=O)NS(=O)(=O)N3CCC(N)C3)c(N3CCCC3c3ccccc3)n2)c1. The van der Waals surface area contributed by atoms with Crippen molar-refractivity contribution in [2.24, 2.45) is 11.7 Å². The van der Waals surface area contributed by atoms with Gasteiger partial charge in [0.2, 0.25) is 0 Å². The number of amides is 1. The Morgan fingerprint density at radius 3 is 2.61 bits per heavy atom. The van der Waals surface area contributed by atoms with E-state index in [1.165, 1.54) is 16.4 Å². The van der Waals surface area contributed by atoms with Crippen molar-refractivity contribution in [1.82, 2.24) is 14.0 Å². The first-order valence-corrected chi connectivity index (χ1v) is 15.4. The first-order valence-electron chi connectivity index (χ1n) is 13.9. The summed E-state index contributed by atoms with van der Waals surface area (Å²) in [6.45, 7) is 5.47. The van der Waals surface area contributed by atoms with E-state index in [9.17, 15) is 17.6 Å². The zero-order valence-electron chi connectivity index (χ0n) is 23.3. The number of rotatable bonds is 9. The molecule has 0 aliphatic carbocycles. The summed E-state index contributed by atoms with van der Waals surface area (Å²) in [4.78, 5) is 20.4. The summed E-state index contributed by atoms with van der Waals surface area (Å²) < 4.78 is 49.8. The van der Waals surface area contributed by atoms with Crippen molar-refractivity contribution in [2.45, 2.75) is 45.2 Å². The van der Waals surface area contributed by atoms with Crippen LogP contribution in [0.5, 0.6) is 5.75 Å². The highest BCUT2D eigenvalue weighted by Gasteiger charge is 2.34. The Bertz CT molecular complexity index is 1500. The molecule has 218 valence electrons. The van der Waals surface area contributed by atoms with E-state index < -0.39 is 21.9 Å². The Kier molecular flexibility index (Phi) is 8.58. The molecule has 2 fully saturated rings. The lowest BCUT2D eigenvalue weighted by Crippen LogP contribution is -2.43. The van der Waals surface area contributed by atoms with Crippen molar-refractivity contribution in [3.63, 3.8) is 0 Å². The Morgan fingerprint density at radius 2 is 1.90 bits per heavy atom. The molecule has 11 heteroatoms. The van der Waals surface area contributed by atoms with Crippen LogP contribution in [0, 0.1) is 11.7 Å². The number of nitrogens with one attached hydrogen (secondary N) is 1. The van der Waals surface area contributed by atoms with Crippen molar-refractivity contribution < 1.29 is 22.3 Å². The van der Waals surface area contributed by atoms with Gasteiger partial charge in [-0.3, -0.25) is 4.79 Å². The monoisotopic (exact) mass is 581 g/mol. The molecule has 9 nitrogen and oxygen atoms in total. The summed E-state index contributed by atoms with van der Waals surface area (Å²) in [6.07, 6.45) is 2.23. The van der Waals surface area contributed by atoms with Crippen molar-refractivity contribution >= 4 is 21.9 Å². The van der Waals surface area contributed by atoms with Gasteiger partial charge in [0.15, 0.2) is 0 Å². The average molecular weight is 582 g/mol. The molecule has 2 atom stereocenters. The lowest BCUT2D eigenvalue weighted by Gasteiger charge is -2.28. The molecule has 3 aromatic rings. The zero-order chi connectivity index (χ0) is 29.1. The smallest absolute Gasteiger partial charge is 0.304 e. The lowest BCUT2D eigenvalue weighted by atomic mass is 10.0. The summed E-state index contributed by atoms with van der Waals surface area (Å²) >= 11 is 0. The zero-order valence-corrected chi connectivity index (χ0v) is 24.1. The third-order valence-corrected chi connectivity index (χ3v) is 8.78. The van der Waals surface area contributed by atoms with Crippen LogP contribution in [0.3, 0.4) is 0 Å². The number of nitrogens with two attached hydrogens (primary N) is 1. The molecular formula is C30H36FN5O4S. The molecule has 0 spiro atoms. The fraction of sp³-hybridized carbons (Fsp3) is 0.400. The number of ether oxygens (including phenoxy) is 1. The fourth-order valence-corrected chi connectivity index (χ4v) is 6.52. The Hall–Kier alpha value is -3.54. The van der Waals surface area contributed by atoms with E-state index in [2.05, 4.69) is 4.72 Å². The Morgan fingerprint density at radius 1 is 1.12 bits per heavy atom. The van der Waals surface area contributed by atoms with Gasteiger partial charge in [-0.05, 0) is 55.0 Å². The van der Waals surface area contributed by atoms with E-state index in [-0.39, 0.29) is 36.7 Å². The summed E-state index contributed by atoms with van der Waals surface area (Å²) in [5, 5.41) is 0. The van der Waals surface area contributed by atoms with Crippen LogP contribution in [-0.4, -0.2) is 55.9 Å². The van der Waals surface area contributed by atoms with E-state index in [4.69, 9.17) is 15.5 Å². The predicted octanol–water partition coefficient (Wildman–Crippen LogP) is 4.27. The van der Waals surface area contributed by atoms with Crippen LogP contribution >= 0.6 is 0 Å². The van der Waals surface area contributed by atoms with Crippen LogP contribution in [-0.2, 0) is 10.2 Å². The molecule has 3 heterocycles. The highest BCUT2D eigenvalue weighted by Crippen LogP contribution is 2.38. The molecular weight excluding hydrogens is 545 g/mol. The maximum Gasteiger partial charge on any atom is 0.304 e. The van der Waals surface area contributed by atoms with Crippen LogP contribution in [0.25, 0.3) is 11.3 Å². The van der Waals surface area contributed by atoms with Crippen LogP contribution in [0.4, 0.5) is 10.2 Å². The number of carbonyl (C=O) groups excluding carboxylic acids is 1. The quantitative estimate of drug-likeness (QED) is 0.388. The van der Waals surface area contributed by atoms with Crippen LogP contribution in [0.1, 0.15) is 55.1 Å². The van der Waals surface area contributed by atoms with Gasteiger partial charge in [-0.15, -0.1) is 0 Å². The first-order chi connectivity index (χ1) is 19.6. The molecule has 1 aromatic heterocycles. The number of hydrogen-bond donors (Lipinski definition) is 2. The van der Waals surface area contributed by atoms with E-state index >= 15 is 0 Å². The van der Waals surface area contributed by atoms with Gasteiger partial charge in [-0.25, -0.2) is 14.1 Å². The second-order valence-electron chi connectivity index (χ2n) is 11.1. The molecule has 1 amide bonds. The molecule has 2 aromatic carbocycles. The molecule has 2 aliphatic heterocycles. The maximum absolute atomic E-state index is 14.6. The van der Waals surface area contributed by atoms with E-state index in [0.29, 0.717) is 42.4 Å². The topological polar surface area (TPSA) is 118 Å². The minimum Gasteiger partial charge on any atom is -0.493 e. The summed E-state index contributed by atoms with van der Waals surface area (Å²) in [5.41, 5.74) is 8.02. The largest absolute Gasteiger partial charge is 0.493 e. The number of pyridine rings is 1. The number of halogens is 1. The number of nitrogens with zero attached hydrogens (tertiary/aromatic N) is 3. The number of anilines is 1. The standard InChI is InChI=1S/C30H36FN5O4S/c1-20(2)19-40-25-16-22(15-23(31)17-25)27-11-10-26(30(37)34-41(38,39)35-14-12-24(32)18-35)29(33-27)36-13-6-9-28(36)21-7-4-3-5-8-21/h3-5,7-8,10-11,15-17,20,24,28H,6,9,12-14,18-19,32H2,1-2H3,(H,34,37). The predicted molar refractivity (Wildman–Crippen MR) is 156 cm³/mol. The van der Waals surface area contributed by atoms with Gasteiger partial charge in [-0.2, -0.15) is 12.7 Å². The van der Waals surface area contributed by atoms with E-state index in [0.717, 1.165) is 18.4 Å². The van der Waals surface area contributed by atoms with E-state index in [1.54, 1.807) is 18.2 Å². The first kappa shape index (κ1) is 29.0. The minimum absolute atomic E-state index is 0.0591. The number of aromatic nitrogens is 1. The average Bonchev–Trinajstić information content (AvgIpc) is 3.61. The molecule has 2 aliphatic rings. The van der Waals surface area contributed by atoms with Gasteiger partial charge < -0.3 is 15.4 Å². The molecule has 5 rings (SSSR count). The van der Waals surface area contributed by atoms with Gasteiger partial charge in [-0.1, -0.05) is 44.2 Å². The van der Waals surface area contributed by atoms with Gasteiger partial charge >= 0.3 is 10.2 Å². The molecule has 0 bridgehead atoms. The molecule has 41 heavy (non-hydrogen) atoms. The third-order valence-electron chi connectivity index (χ3n) is 7.33. The van der Waals surface area contributed by atoms with Crippen LogP contribution in [0.2, 0.25) is 0 Å². The number of carbonyl (C=O) groups is 1. The molecule has 3 N–H and O–H groups in total. The summed E-state index contributed by atoms with van der Waals surface area (Å²) in [5.74, 6) is -0.254. The lowest BCUT2D eigenvalue weighted by molar-refractivity contribution is 0.0979. The Labute approximate surface area is 240 Å². The fourth-order valence-electron chi connectivity index (χ4n) is 5.31. The second kappa shape index (κ2) is 12.1. The highest BCUT2D eigenvalue weighted by atomic mass is 32.2. The van der Waals surface area contributed by atoms with Crippen molar-refractivity contribution in [1.29, 1.82) is 0 Å². The summed E-state index contributed by atoms with van der Waals surface area (Å²) in [6, 6.07) is 17.2. The van der Waals surface area contributed by atoms with Gasteiger partial charge in [0.05, 0.1) is 23.9 Å². The van der Waals surface area contributed by atoms with Crippen LogP contribution in [0.15, 0.2) is 60.7 Å². The second-order valence-corrected chi connectivity index (χ2v) is 12.7. The normalized spacial score (nSPS) is 19.6. The van der Waals surface area contributed by atoms with Crippen molar-refractivity contribution in [3.8, 4) is 17.0 Å². The molecule has 0 radical (unpaired) electrons. The third kappa shape index (κ3) is 6.69. The number of benzene rings is 2. The molecule has 2 saturated heterocycles. The summed E-state index contributed by atoms with van der Waals surface area (Å²) in [7, 11) is -4.09. The van der Waals surface area contributed by atoms with Crippen LogP contribution < -0.4 is 20.1 Å². The van der Waals surface area contributed by atoms with Gasteiger partial charge in [0, 0.05) is 37.3 Å². The Balaban J connectivity index is 1.54. The van der Waals surface area contributed by atoms with Crippen molar-refractivity contribution in [3.05, 3.63) is 77.6 Å². The van der Waals surface area contributed by atoms with Gasteiger partial charge in [0.25, 0.3) is 5.91 Å². The molecule has 2 unspecified atom stereocenters. The van der Waals surface area contributed by atoms with E-state index in [1.807, 2.05) is 49.1 Å². The molecule has 0 saturated carbocycles. The van der Waals surface area contributed by atoms with Gasteiger partial charge in [0.1, 0.15) is 17.4 Å². The van der Waals surface area contributed by atoms with Crippen molar-refractivity contribution in [2.75, 3.05) is 31.1 Å². The minimum atomic E-state index is -4.09. The highest BCUT2D eigenvalue weighted by molar-refractivity contribution is 7.87. The maximum atomic E-state index is 14.6. The number of hydrogen-bond acceptors (Lipinski definition) is 7.